The number of hydrogen-bond acceptors (Lipinski definition) is 5. The molecule has 2 aromatic rings. The van der Waals surface area contributed by atoms with Gasteiger partial charge in [-0.2, -0.15) is 0 Å². The number of halogens is 1. The van der Waals surface area contributed by atoms with Crippen LogP contribution in [0.4, 0.5) is 4.39 Å². The molecule has 0 radical (unpaired) electrons. The van der Waals surface area contributed by atoms with Crippen LogP contribution in [0.3, 0.4) is 0 Å². The topological polar surface area (TPSA) is 84.9 Å². The van der Waals surface area contributed by atoms with E-state index in [-0.39, 0.29) is 42.1 Å². The summed E-state index contributed by atoms with van der Waals surface area (Å²) < 4.78 is 25.1. The molecule has 1 aliphatic rings. The number of carbonyl (C=O) groups is 3. The summed E-state index contributed by atoms with van der Waals surface area (Å²) in [5, 5.41) is 2.73. The molecule has 1 heterocycles. The third-order valence-electron chi connectivity index (χ3n) is 4.89. The largest absolute Gasteiger partial charge is 0.491 e. The molecule has 1 saturated heterocycles. The van der Waals surface area contributed by atoms with Crippen LogP contribution in [0.1, 0.15) is 22.8 Å². The minimum atomic E-state index is -0.646. The van der Waals surface area contributed by atoms with E-state index >= 15 is 0 Å². The third-order valence-corrected chi connectivity index (χ3v) is 4.89. The molecule has 7 nitrogen and oxygen atoms in total. The summed E-state index contributed by atoms with van der Waals surface area (Å²) in [5.74, 6) is -1.39. The lowest BCUT2D eigenvalue weighted by molar-refractivity contribution is -0.134. The van der Waals surface area contributed by atoms with Gasteiger partial charge in [-0.1, -0.05) is 30.3 Å². The van der Waals surface area contributed by atoms with Crippen molar-refractivity contribution < 1.29 is 28.2 Å². The van der Waals surface area contributed by atoms with Crippen LogP contribution in [0, 0.1) is 5.82 Å². The first-order chi connectivity index (χ1) is 15.4. The minimum absolute atomic E-state index is 0.00244. The lowest BCUT2D eigenvalue weighted by atomic mass is 10.1. The number of hydrogen-bond donors (Lipinski definition) is 1. The number of amides is 2. The van der Waals surface area contributed by atoms with Crippen molar-refractivity contribution in [3.05, 3.63) is 77.6 Å². The Bertz CT molecular complexity index is 993. The summed E-state index contributed by atoms with van der Waals surface area (Å²) in [7, 11) is 0. The molecule has 1 fully saturated rings. The van der Waals surface area contributed by atoms with E-state index in [9.17, 15) is 18.8 Å². The van der Waals surface area contributed by atoms with E-state index in [4.69, 9.17) is 9.47 Å². The quantitative estimate of drug-likeness (QED) is 0.504. The fourth-order valence-electron chi connectivity index (χ4n) is 3.18. The Hall–Kier alpha value is -3.52. The van der Waals surface area contributed by atoms with Gasteiger partial charge >= 0.3 is 0 Å². The molecule has 0 aliphatic carbocycles. The first kappa shape index (κ1) is 23.1. The second kappa shape index (κ2) is 11.2. The van der Waals surface area contributed by atoms with Gasteiger partial charge in [0, 0.05) is 31.3 Å². The highest BCUT2D eigenvalue weighted by atomic mass is 19.1. The SMILES string of the molecule is CC(=O)c1ccc(OCC2CN(C(=O)/C=C/C(=O)NCc3ccccc3)CCO2)cc1F. The van der Waals surface area contributed by atoms with E-state index < -0.39 is 11.9 Å². The van der Waals surface area contributed by atoms with Crippen molar-refractivity contribution in [2.24, 2.45) is 0 Å². The zero-order valence-electron chi connectivity index (χ0n) is 17.8. The Kier molecular flexibility index (Phi) is 8.10. The molecule has 1 N–H and O–H groups in total. The fourth-order valence-corrected chi connectivity index (χ4v) is 3.18. The summed E-state index contributed by atoms with van der Waals surface area (Å²) >= 11 is 0. The summed E-state index contributed by atoms with van der Waals surface area (Å²) in [4.78, 5) is 37.3. The first-order valence-electron chi connectivity index (χ1n) is 10.3. The Morgan fingerprint density at radius 2 is 1.97 bits per heavy atom. The van der Waals surface area contributed by atoms with Crippen LogP contribution in [0.25, 0.3) is 0 Å². The maximum absolute atomic E-state index is 13.9. The standard InChI is InChI=1S/C24H25FN2O5/c1-17(28)21-8-7-19(13-22(21)25)32-16-20-15-27(11-12-31-20)24(30)10-9-23(29)26-14-18-5-3-2-4-6-18/h2-10,13,20H,11-12,14-16H2,1H3,(H,26,29)/b10-9+. The fraction of sp³-hybridized carbons (Fsp3) is 0.292. The number of Topliss-reactive ketones (excluding diaryl/α,β-unsaturated/α-hetero) is 1. The summed E-state index contributed by atoms with van der Waals surface area (Å²) in [6, 6.07) is 13.5. The smallest absolute Gasteiger partial charge is 0.246 e. The van der Waals surface area contributed by atoms with Crippen LogP contribution in [-0.4, -0.2) is 54.9 Å². The second-order valence-electron chi connectivity index (χ2n) is 7.32. The van der Waals surface area contributed by atoms with Crippen molar-refractivity contribution >= 4 is 17.6 Å². The van der Waals surface area contributed by atoms with Crippen LogP contribution in [0.5, 0.6) is 5.75 Å². The summed E-state index contributed by atoms with van der Waals surface area (Å²) in [6.45, 7) is 2.79. The highest BCUT2D eigenvalue weighted by molar-refractivity contribution is 5.96. The van der Waals surface area contributed by atoms with Gasteiger partial charge in [-0.25, -0.2) is 4.39 Å². The summed E-state index contributed by atoms with van der Waals surface area (Å²) in [5.41, 5.74) is 0.968. The maximum atomic E-state index is 13.9. The molecule has 1 aliphatic heterocycles. The van der Waals surface area contributed by atoms with Crippen molar-refractivity contribution in [3.8, 4) is 5.75 Å². The van der Waals surface area contributed by atoms with Crippen molar-refractivity contribution in [2.75, 3.05) is 26.3 Å². The Morgan fingerprint density at radius 3 is 2.69 bits per heavy atom. The van der Waals surface area contributed by atoms with Crippen LogP contribution >= 0.6 is 0 Å². The molecule has 0 aromatic heterocycles. The van der Waals surface area contributed by atoms with Crippen molar-refractivity contribution in [1.82, 2.24) is 10.2 Å². The van der Waals surface area contributed by atoms with Gasteiger partial charge < -0.3 is 19.7 Å². The number of benzene rings is 2. The Balaban J connectivity index is 1.45. The predicted molar refractivity (Wildman–Crippen MR) is 116 cm³/mol. The van der Waals surface area contributed by atoms with Gasteiger partial charge in [0.2, 0.25) is 11.8 Å². The van der Waals surface area contributed by atoms with Crippen molar-refractivity contribution in [2.45, 2.75) is 19.6 Å². The average Bonchev–Trinajstić information content (AvgIpc) is 2.80. The van der Waals surface area contributed by atoms with Crippen LogP contribution in [0.2, 0.25) is 0 Å². The van der Waals surface area contributed by atoms with Gasteiger partial charge in [-0.3, -0.25) is 14.4 Å². The normalized spacial score (nSPS) is 16.1. The van der Waals surface area contributed by atoms with E-state index in [0.717, 1.165) is 11.6 Å². The summed E-state index contributed by atoms with van der Waals surface area (Å²) in [6.07, 6.45) is 2.05. The monoisotopic (exact) mass is 440 g/mol. The van der Waals surface area contributed by atoms with Gasteiger partial charge in [-0.05, 0) is 24.6 Å². The van der Waals surface area contributed by atoms with Crippen LogP contribution < -0.4 is 10.1 Å². The molecule has 168 valence electrons. The molecule has 3 rings (SSSR count). The van der Waals surface area contributed by atoms with E-state index in [1.54, 1.807) is 4.90 Å². The van der Waals surface area contributed by atoms with Gasteiger partial charge in [0.05, 0.1) is 18.7 Å². The number of morpholine rings is 1. The highest BCUT2D eigenvalue weighted by Gasteiger charge is 2.24. The zero-order chi connectivity index (χ0) is 22.9. The highest BCUT2D eigenvalue weighted by Crippen LogP contribution is 2.18. The minimum Gasteiger partial charge on any atom is -0.491 e. The molecular formula is C24H25FN2O5. The van der Waals surface area contributed by atoms with E-state index in [0.29, 0.717) is 19.7 Å². The van der Waals surface area contributed by atoms with E-state index in [2.05, 4.69) is 5.32 Å². The number of ether oxygens (including phenoxy) is 2. The Morgan fingerprint density at radius 1 is 1.19 bits per heavy atom. The molecule has 32 heavy (non-hydrogen) atoms. The molecule has 0 spiro atoms. The second-order valence-corrected chi connectivity index (χ2v) is 7.32. The molecule has 8 heteroatoms. The van der Waals surface area contributed by atoms with Gasteiger partial charge in [-0.15, -0.1) is 0 Å². The molecule has 2 amide bonds. The van der Waals surface area contributed by atoms with Gasteiger partial charge in [0.15, 0.2) is 5.78 Å². The van der Waals surface area contributed by atoms with Crippen molar-refractivity contribution in [3.63, 3.8) is 0 Å². The molecular weight excluding hydrogens is 415 g/mol. The van der Waals surface area contributed by atoms with Crippen LogP contribution in [-0.2, 0) is 20.9 Å². The van der Waals surface area contributed by atoms with Crippen LogP contribution in [0.15, 0.2) is 60.7 Å². The third kappa shape index (κ3) is 6.75. The van der Waals surface area contributed by atoms with Crippen molar-refractivity contribution in [1.29, 1.82) is 0 Å². The van der Waals surface area contributed by atoms with E-state index in [1.807, 2.05) is 30.3 Å². The number of rotatable bonds is 8. The average molecular weight is 440 g/mol. The molecule has 1 unspecified atom stereocenters. The predicted octanol–water partition coefficient (Wildman–Crippen LogP) is 2.51. The Labute approximate surface area is 185 Å². The maximum Gasteiger partial charge on any atom is 0.246 e. The molecule has 0 saturated carbocycles. The van der Waals surface area contributed by atoms with E-state index in [1.165, 1.54) is 31.2 Å². The zero-order valence-corrected chi connectivity index (χ0v) is 17.8. The number of nitrogens with zero attached hydrogens (tertiary/aromatic N) is 1. The molecule has 2 aromatic carbocycles. The number of carbonyl (C=O) groups excluding carboxylic acids is 3. The molecule has 0 bridgehead atoms. The number of nitrogens with one attached hydrogen (secondary N) is 1. The lowest BCUT2D eigenvalue weighted by Gasteiger charge is -2.32. The first-order valence-corrected chi connectivity index (χ1v) is 10.3. The number of ketones is 1. The lowest BCUT2D eigenvalue weighted by Crippen LogP contribution is -2.47. The van der Waals surface area contributed by atoms with Gasteiger partial charge in [0.25, 0.3) is 0 Å². The molecule has 1 atom stereocenters. The van der Waals surface area contributed by atoms with Gasteiger partial charge in [0.1, 0.15) is 24.3 Å².